The molecule has 7 nitrogen and oxygen atoms in total. The van der Waals surface area contributed by atoms with Gasteiger partial charge in [0.25, 0.3) is 5.91 Å². The van der Waals surface area contributed by atoms with Crippen LogP contribution >= 0.6 is 0 Å². The minimum atomic E-state index is -0.126. The van der Waals surface area contributed by atoms with Crippen molar-refractivity contribution < 1.29 is 19.0 Å². The number of hydrogen-bond acceptors (Lipinski definition) is 6. The van der Waals surface area contributed by atoms with E-state index in [0.717, 1.165) is 38.5 Å². The van der Waals surface area contributed by atoms with Gasteiger partial charge in [0.15, 0.2) is 0 Å². The number of nitrogens with one attached hydrogen (secondary N) is 1. The number of hydrogen-bond donors (Lipinski definition) is 1. The second-order valence-corrected chi connectivity index (χ2v) is 6.88. The first-order valence-corrected chi connectivity index (χ1v) is 9.75. The van der Waals surface area contributed by atoms with Crippen LogP contribution in [-0.2, 0) is 0 Å². The van der Waals surface area contributed by atoms with Gasteiger partial charge in [-0.25, -0.2) is 0 Å². The summed E-state index contributed by atoms with van der Waals surface area (Å²) in [7, 11) is 4.82. The summed E-state index contributed by atoms with van der Waals surface area (Å²) in [4.78, 5) is 17.2. The van der Waals surface area contributed by atoms with E-state index < -0.39 is 0 Å². The monoisotopic (exact) mass is 399 g/mol. The number of nitrogens with zero attached hydrogens (tertiary/aromatic N) is 2. The molecule has 0 spiro atoms. The van der Waals surface area contributed by atoms with Crippen molar-refractivity contribution >= 4 is 11.6 Å². The number of carbonyl (C=O) groups is 1. The van der Waals surface area contributed by atoms with E-state index in [1.807, 2.05) is 12.1 Å². The lowest BCUT2D eigenvalue weighted by Gasteiger charge is -2.36. The molecule has 0 atom stereocenters. The molecule has 0 bridgehead atoms. The van der Waals surface area contributed by atoms with Crippen molar-refractivity contribution in [1.29, 1.82) is 0 Å². The van der Waals surface area contributed by atoms with Crippen LogP contribution in [0.2, 0.25) is 0 Å². The van der Waals surface area contributed by atoms with E-state index in [1.165, 1.54) is 5.69 Å². The minimum absolute atomic E-state index is 0.126. The van der Waals surface area contributed by atoms with Crippen molar-refractivity contribution in [3.8, 4) is 17.2 Å². The highest BCUT2D eigenvalue weighted by Crippen LogP contribution is 2.22. The number of methoxy groups -OCH3 is 3. The predicted octanol–water partition coefficient (Wildman–Crippen LogP) is 2.26. The summed E-state index contributed by atoms with van der Waals surface area (Å²) >= 11 is 0. The van der Waals surface area contributed by atoms with Crippen molar-refractivity contribution in [3.05, 3.63) is 48.0 Å². The van der Waals surface area contributed by atoms with Gasteiger partial charge >= 0.3 is 0 Å². The van der Waals surface area contributed by atoms with Crippen LogP contribution in [0.1, 0.15) is 10.4 Å². The summed E-state index contributed by atoms with van der Waals surface area (Å²) in [6, 6.07) is 13.3. The minimum Gasteiger partial charge on any atom is -0.497 e. The van der Waals surface area contributed by atoms with Crippen LogP contribution < -0.4 is 24.4 Å². The smallest absolute Gasteiger partial charge is 0.251 e. The fraction of sp³-hybridized carbons (Fsp3) is 0.409. The van der Waals surface area contributed by atoms with E-state index in [0.29, 0.717) is 23.6 Å². The summed E-state index contributed by atoms with van der Waals surface area (Å²) in [5.41, 5.74) is 1.75. The van der Waals surface area contributed by atoms with Crippen molar-refractivity contribution in [2.45, 2.75) is 0 Å². The maximum atomic E-state index is 12.5. The lowest BCUT2D eigenvalue weighted by molar-refractivity contribution is 0.0947. The molecule has 0 saturated carbocycles. The van der Waals surface area contributed by atoms with Gasteiger partial charge in [0.1, 0.15) is 17.2 Å². The number of ether oxygens (including phenoxy) is 3. The number of amides is 1. The van der Waals surface area contributed by atoms with Crippen molar-refractivity contribution in [3.63, 3.8) is 0 Å². The zero-order chi connectivity index (χ0) is 20.6. The first kappa shape index (κ1) is 20.8. The molecular weight excluding hydrogens is 370 g/mol. The molecule has 0 radical (unpaired) electrons. The van der Waals surface area contributed by atoms with Gasteiger partial charge in [0, 0.05) is 56.6 Å². The van der Waals surface area contributed by atoms with Crippen molar-refractivity contribution in [2.75, 3.05) is 65.5 Å². The highest BCUT2D eigenvalue weighted by atomic mass is 16.5. The molecule has 1 amide bonds. The molecule has 0 unspecified atom stereocenters. The molecule has 0 aromatic heterocycles. The van der Waals surface area contributed by atoms with E-state index in [2.05, 4.69) is 27.2 Å². The van der Waals surface area contributed by atoms with Gasteiger partial charge in [0.05, 0.1) is 21.3 Å². The number of anilines is 1. The van der Waals surface area contributed by atoms with E-state index in [4.69, 9.17) is 14.2 Å². The van der Waals surface area contributed by atoms with Crippen LogP contribution in [0.4, 0.5) is 5.69 Å². The fourth-order valence-corrected chi connectivity index (χ4v) is 3.39. The molecule has 156 valence electrons. The van der Waals surface area contributed by atoms with Gasteiger partial charge in [-0.15, -0.1) is 0 Å². The molecule has 2 aromatic rings. The zero-order valence-electron chi connectivity index (χ0n) is 17.3. The van der Waals surface area contributed by atoms with E-state index in [-0.39, 0.29) is 5.91 Å². The Bertz CT molecular complexity index is 780. The molecule has 2 aromatic carbocycles. The zero-order valence-corrected chi connectivity index (χ0v) is 17.3. The third-order valence-corrected chi connectivity index (χ3v) is 5.14. The van der Waals surface area contributed by atoms with E-state index >= 15 is 0 Å². The third-order valence-electron chi connectivity index (χ3n) is 5.14. The van der Waals surface area contributed by atoms with Gasteiger partial charge in [-0.1, -0.05) is 0 Å². The lowest BCUT2D eigenvalue weighted by Crippen LogP contribution is -2.48. The number of carbonyl (C=O) groups excluding carboxylic acids is 1. The first-order valence-electron chi connectivity index (χ1n) is 9.75. The number of rotatable bonds is 8. The molecule has 3 rings (SSSR count). The van der Waals surface area contributed by atoms with E-state index in [9.17, 15) is 4.79 Å². The van der Waals surface area contributed by atoms with E-state index in [1.54, 1.807) is 39.5 Å². The Hall–Kier alpha value is -2.93. The van der Waals surface area contributed by atoms with Crippen molar-refractivity contribution in [1.82, 2.24) is 10.2 Å². The van der Waals surface area contributed by atoms with Gasteiger partial charge in [0.2, 0.25) is 0 Å². The molecule has 1 heterocycles. The molecule has 1 N–H and O–H groups in total. The molecular formula is C22H29N3O4. The van der Waals surface area contributed by atoms with Crippen LogP contribution in [0.25, 0.3) is 0 Å². The maximum Gasteiger partial charge on any atom is 0.251 e. The van der Waals surface area contributed by atoms with Crippen LogP contribution in [0, 0.1) is 0 Å². The van der Waals surface area contributed by atoms with Gasteiger partial charge < -0.3 is 24.4 Å². The Labute approximate surface area is 172 Å². The van der Waals surface area contributed by atoms with Gasteiger partial charge in [-0.05, 0) is 36.4 Å². The SMILES string of the molecule is COc1ccc(N2CCN(CCNC(=O)c3cc(OC)cc(OC)c3)CC2)cc1. The lowest BCUT2D eigenvalue weighted by atomic mass is 10.2. The third kappa shape index (κ3) is 5.54. The summed E-state index contributed by atoms with van der Waals surface area (Å²) < 4.78 is 15.7. The Kier molecular flexibility index (Phi) is 7.19. The topological polar surface area (TPSA) is 63.3 Å². The molecule has 1 aliphatic rings. The summed E-state index contributed by atoms with van der Waals surface area (Å²) in [6.45, 7) is 5.29. The van der Waals surface area contributed by atoms with Crippen LogP contribution in [0.5, 0.6) is 17.2 Å². The Morgan fingerprint density at radius 2 is 1.45 bits per heavy atom. The largest absolute Gasteiger partial charge is 0.497 e. The fourth-order valence-electron chi connectivity index (χ4n) is 3.39. The van der Waals surface area contributed by atoms with Crippen LogP contribution in [0.3, 0.4) is 0 Å². The summed E-state index contributed by atoms with van der Waals surface area (Å²) in [5.74, 6) is 1.95. The molecule has 1 saturated heterocycles. The highest BCUT2D eigenvalue weighted by molar-refractivity contribution is 5.95. The first-order chi connectivity index (χ1) is 14.1. The highest BCUT2D eigenvalue weighted by Gasteiger charge is 2.17. The van der Waals surface area contributed by atoms with Gasteiger partial charge in [-0.3, -0.25) is 9.69 Å². The average molecular weight is 399 g/mol. The molecule has 0 aliphatic carbocycles. The normalized spacial score (nSPS) is 14.4. The summed E-state index contributed by atoms with van der Waals surface area (Å²) in [6.07, 6.45) is 0. The second kappa shape index (κ2) is 10.0. The molecule has 29 heavy (non-hydrogen) atoms. The Morgan fingerprint density at radius 1 is 0.862 bits per heavy atom. The summed E-state index contributed by atoms with van der Waals surface area (Å²) in [5, 5.41) is 2.99. The maximum absolute atomic E-state index is 12.5. The quantitative estimate of drug-likeness (QED) is 0.735. The number of benzene rings is 2. The van der Waals surface area contributed by atoms with Crippen molar-refractivity contribution in [2.24, 2.45) is 0 Å². The Morgan fingerprint density at radius 3 is 2.00 bits per heavy atom. The van der Waals surface area contributed by atoms with Crippen LogP contribution in [0.15, 0.2) is 42.5 Å². The molecule has 7 heteroatoms. The van der Waals surface area contributed by atoms with Crippen LogP contribution in [-0.4, -0.2) is 71.4 Å². The molecule has 1 fully saturated rings. The molecule has 1 aliphatic heterocycles. The standard InChI is InChI=1S/C22H29N3O4/c1-27-19-6-4-18(5-7-19)25-12-10-24(11-13-25)9-8-23-22(26)17-14-20(28-2)16-21(15-17)29-3/h4-7,14-16H,8-13H2,1-3H3,(H,23,26). The van der Waals surface area contributed by atoms with Gasteiger partial charge in [-0.2, -0.15) is 0 Å². The second-order valence-electron chi connectivity index (χ2n) is 6.88. The Balaban J connectivity index is 1.44. The average Bonchev–Trinajstić information content (AvgIpc) is 2.79. The number of piperazine rings is 1. The predicted molar refractivity (Wildman–Crippen MR) is 114 cm³/mol.